The minimum Gasteiger partial charge on any atom is -0.508 e. The van der Waals surface area contributed by atoms with Gasteiger partial charge in [0, 0.05) is 58.9 Å². The number of carboxylic acid groups (broad SMARTS) is 2. The van der Waals surface area contributed by atoms with Crippen molar-refractivity contribution < 1.29 is 39.2 Å². The Morgan fingerprint density at radius 3 is 1.61 bits per heavy atom. The van der Waals surface area contributed by atoms with Crippen molar-refractivity contribution in [2.75, 3.05) is 17.7 Å². The number of carbonyl (C=O) groups excluding carboxylic acids is 2. The number of aliphatic carboxylic acids is 2. The minimum absolute atomic E-state index is 0.0676. The van der Waals surface area contributed by atoms with E-state index in [-0.39, 0.29) is 30.4 Å². The molecular weight excluding hydrogens is 628 g/mol. The maximum absolute atomic E-state index is 12.3. The van der Waals surface area contributed by atoms with E-state index in [4.69, 9.17) is 14.9 Å². The molecular formula is C37H38N4O8. The Bertz CT molecular complexity index is 2060. The molecule has 49 heavy (non-hydrogen) atoms. The second-order valence-corrected chi connectivity index (χ2v) is 12.0. The van der Waals surface area contributed by atoms with Crippen LogP contribution in [0.1, 0.15) is 69.0 Å². The van der Waals surface area contributed by atoms with Gasteiger partial charge in [-0.3, -0.25) is 19.2 Å². The lowest BCUT2D eigenvalue weighted by atomic mass is 10.0. The summed E-state index contributed by atoms with van der Waals surface area (Å²) in [5.74, 6) is -1.27. The topological polar surface area (TPSA) is 194 Å². The third-order valence-electron chi connectivity index (χ3n) is 8.81. The first-order valence-corrected chi connectivity index (χ1v) is 15.6. The van der Waals surface area contributed by atoms with E-state index < -0.39 is 11.9 Å². The SMILES string of the molecule is COc1ccc2c(c1)NC(=O)C2=Cc1[nH]c(C)c(CCC(=O)O)c1C.Cc1[nH]c(C=C2C(=O)Nc3cc(O)ccc32)c(C)c1CCC(=O)O. The molecule has 0 radical (unpaired) electrons. The van der Waals surface area contributed by atoms with Gasteiger partial charge < -0.3 is 40.7 Å². The van der Waals surface area contributed by atoms with Crippen LogP contribution in [0.3, 0.4) is 0 Å². The third kappa shape index (κ3) is 7.28. The number of methoxy groups -OCH3 is 1. The predicted molar refractivity (Wildman–Crippen MR) is 187 cm³/mol. The van der Waals surface area contributed by atoms with Gasteiger partial charge in [-0.25, -0.2) is 0 Å². The monoisotopic (exact) mass is 666 g/mol. The van der Waals surface area contributed by atoms with Crippen LogP contribution in [0.4, 0.5) is 11.4 Å². The summed E-state index contributed by atoms with van der Waals surface area (Å²) < 4.78 is 5.19. The van der Waals surface area contributed by atoms with Crippen LogP contribution in [-0.4, -0.2) is 56.2 Å². The standard InChI is InChI=1S/C19H20N2O4.C18H18N2O4/c1-10-13(6-7-18(22)23)11(2)20-16(10)9-15-14-5-4-12(25-3)8-17(14)21-19(15)24;1-9-12(5-6-17(22)23)10(2)19-15(9)8-14-13-4-3-11(21)7-16(13)20-18(14)24/h4-5,8-9,20H,6-7H2,1-3H3,(H,21,24)(H,22,23);3-4,7-8,19,21H,5-6H2,1-2H3,(H,20,24)(H,22,23). The zero-order chi connectivity index (χ0) is 35.6. The highest BCUT2D eigenvalue weighted by Crippen LogP contribution is 2.37. The van der Waals surface area contributed by atoms with Crippen molar-refractivity contribution in [2.45, 2.75) is 53.4 Å². The minimum atomic E-state index is -0.834. The maximum atomic E-state index is 12.3. The van der Waals surface area contributed by atoms with Gasteiger partial charge in [0.25, 0.3) is 11.8 Å². The number of nitrogens with one attached hydrogen (secondary N) is 4. The normalized spacial score (nSPS) is 14.6. The molecule has 0 spiro atoms. The van der Waals surface area contributed by atoms with Crippen LogP contribution in [0.15, 0.2) is 36.4 Å². The molecule has 12 heteroatoms. The Labute approximate surface area is 282 Å². The summed E-state index contributed by atoms with van der Waals surface area (Å²) in [4.78, 5) is 52.7. The molecule has 0 aliphatic carbocycles. The van der Waals surface area contributed by atoms with Gasteiger partial charge >= 0.3 is 11.9 Å². The van der Waals surface area contributed by atoms with Crippen LogP contribution in [0, 0.1) is 27.7 Å². The number of rotatable bonds is 9. The molecule has 2 aromatic carbocycles. The number of aromatic hydroxyl groups is 1. The fourth-order valence-electron chi connectivity index (χ4n) is 6.19. The molecule has 7 N–H and O–H groups in total. The van der Waals surface area contributed by atoms with E-state index in [1.165, 1.54) is 12.1 Å². The van der Waals surface area contributed by atoms with Gasteiger partial charge in [-0.15, -0.1) is 0 Å². The van der Waals surface area contributed by atoms with E-state index in [0.717, 1.165) is 61.8 Å². The lowest BCUT2D eigenvalue weighted by Crippen LogP contribution is -2.03. The van der Waals surface area contributed by atoms with E-state index in [1.54, 1.807) is 25.3 Å². The molecule has 2 amide bonds. The molecule has 12 nitrogen and oxygen atoms in total. The fourth-order valence-corrected chi connectivity index (χ4v) is 6.19. The Hall–Kier alpha value is -6.04. The van der Waals surface area contributed by atoms with Gasteiger partial charge in [0.2, 0.25) is 0 Å². The molecule has 4 heterocycles. The first-order valence-electron chi connectivity index (χ1n) is 15.6. The lowest BCUT2D eigenvalue weighted by molar-refractivity contribution is -0.138. The number of hydrogen-bond donors (Lipinski definition) is 7. The molecule has 0 saturated carbocycles. The number of H-pyrrole nitrogens is 2. The number of amides is 2. The highest BCUT2D eigenvalue weighted by molar-refractivity contribution is 6.35. The average Bonchev–Trinajstić information content (AvgIpc) is 3.70. The van der Waals surface area contributed by atoms with Gasteiger partial charge in [-0.1, -0.05) is 0 Å². The molecule has 4 aromatic rings. The van der Waals surface area contributed by atoms with Crippen LogP contribution < -0.4 is 15.4 Å². The van der Waals surface area contributed by atoms with Crippen molar-refractivity contribution in [3.05, 3.63) is 92.6 Å². The van der Waals surface area contributed by atoms with Crippen LogP contribution >= 0.6 is 0 Å². The second kappa shape index (κ2) is 14.0. The van der Waals surface area contributed by atoms with Crippen molar-refractivity contribution in [1.29, 1.82) is 0 Å². The molecule has 254 valence electrons. The van der Waals surface area contributed by atoms with Gasteiger partial charge in [0.05, 0.1) is 29.6 Å². The largest absolute Gasteiger partial charge is 0.508 e. The van der Waals surface area contributed by atoms with Gasteiger partial charge in [0.15, 0.2) is 0 Å². The molecule has 0 fully saturated rings. The molecule has 0 atom stereocenters. The number of aryl methyl sites for hydroxylation is 2. The molecule has 2 aliphatic heterocycles. The predicted octanol–water partition coefficient (Wildman–Crippen LogP) is 6.00. The van der Waals surface area contributed by atoms with E-state index in [9.17, 15) is 24.3 Å². The maximum Gasteiger partial charge on any atom is 0.303 e. The number of fused-ring (bicyclic) bond motifs is 2. The van der Waals surface area contributed by atoms with Crippen molar-refractivity contribution in [1.82, 2.24) is 9.97 Å². The number of aromatic amines is 2. The number of carbonyl (C=O) groups is 4. The summed E-state index contributed by atoms with van der Waals surface area (Å²) in [6.07, 6.45) is 4.65. The molecule has 0 saturated heterocycles. The number of phenols is 1. The quantitative estimate of drug-likeness (QED) is 0.106. The number of aromatic nitrogens is 2. The number of anilines is 2. The Kier molecular flexibility index (Phi) is 9.79. The highest BCUT2D eigenvalue weighted by atomic mass is 16.5. The number of phenolic OH excluding ortho intramolecular Hbond substituents is 1. The molecule has 0 bridgehead atoms. The summed E-state index contributed by atoms with van der Waals surface area (Å²) in [7, 11) is 1.58. The zero-order valence-corrected chi connectivity index (χ0v) is 27.8. The van der Waals surface area contributed by atoms with E-state index in [2.05, 4.69) is 20.6 Å². The molecule has 2 aliphatic rings. The van der Waals surface area contributed by atoms with Crippen LogP contribution in [0.5, 0.6) is 11.5 Å². The number of carboxylic acids is 2. The van der Waals surface area contributed by atoms with E-state index in [0.29, 0.717) is 35.4 Å². The first-order chi connectivity index (χ1) is 23.3. The summed E-state index contributed by atoms with van der Waals surface area (Å²) in [6.45, 7) is 7.67. The van der Waals surface area contributed by atoms with E-state index >= 15 is 0 Å². The van der Waals surface area contributed by atoms with Crippen molar-refractivity contribution in [3.63, 3.8) is 0 Å². The van der Waals surface area contributed by atoms with Crippen molar-refractivity contribution >= 4 is 58.4 Å². The summed E-state index contributed by atoms with van der Waals surface area (Å²) >= 11 is 0. The van der Waals surface area contributed by atoms with Crippen molar-refractivity contribution in [3.8, 4) is 11.5 Å². The summed E-state index contributed by atoms with van der Waals surface area (Å²) in [6, 6.07) is 10.2. The third-order valence-corrected chi connectivity index (χ3v) is 8.81. The molecule has 6 rings (SSSR count). The molecule has 2 aromatic heterocycles. The van der Waals surface area contributed by atoms with E-state index in [1.807, 2.05) is 45.9 Å². The number of benzene rings is 2. The lowest BCUT2D eigenvalue weighted by Gasteiger charge is -2.03. The average molecular weight is 667 g/mol. The Morgan fingerprint density at radius 2 is 1.16 bits per heavy atom. The van der Waals surface area contributed by atoms with Crippen LogP contribution in [0.25, 0.3) is 23.3 Å². The first kappa shape index (κ1) is 34.3. The van der Waals surface area contributed by atoms with Gasteiger partial charge in [0.1, 0.15) is 11.5 Å². The highest BCUT2D eigenvalue weighted by Gasteiger charge is 2.26. The Balaban J connectivity index is 0.000000191. The van der Waals surface area contributed by atoms with Gasteiger partial charge in [-0.2, -0.15) is 0 Å². The second-order valence-electron chi connectivity index (χ2n) is 12.0. The smallest absolute Gasteiger partial charge is 0.303 e. The van der Waals surface area contributed by atoms with Crippen molar-refractivity contribution in [2.24, 2.45) is 0 Å². The fraction of sp³-hybridized carbons (Fsp3) is 0.243. The Morgan fingerprint density at radius 1 is 0.714 bits per heavy atom. The zero-order valence-electron chi connectivity index (χ0n) is 27.8. The van der Waals surface area contributed by atoms with Gasteiger partial charge in [-0.05, 0) is 99.2 Å². The van der Waals surface area contributed by atoms with Crippen LogP contribution in [-0.2, 0) is 32.0 Å². The number of ether oxygens (including phenoxy) is 1. The van der Waals surface area contributed by atoms with Crippen LogP contribution in [0.2, 0.25) is 0 Å². The molecule has 0 unspecified atom stereocenters. The summed E-state index contributed by atoms with van der Waals surface area (Å²) in [5, 5.41) is 32.9. The summed E-state index contributed by atoms with van der Waals surface area (Å²) in [5.41, 5.74) is 11.3. The number of hydrogen-bond acceptors (Lipinski definition) is 6.